The molecule has 3 heteroatoms. The van der Waals surface area contributed by atoms with Crippen LogP contribution in [0.15, 0.2) is 18.2 Å². The summed E-state index contributed by atoms with van der Waals surface area (Å²) in [7, 11) is 0. The predicted molar refractivity (Wildman–Crippen MR) is 74.4 cm³/mol. The van der Waals surface area contributed by atoms with Crippen molar-refractivity contribution in [3.63, 3.8) is 0 Å². The molecule has 0 heterocycles. The van der Waals surface area contributed by atoms with E-state index in [4.69, 9.17) is 17.3 Å². The summed E-state index contributed by atoms with van der Waals surface area (Å²) in [5.41, 5.74) is 8.16. The number of benzene rings is 1. The molecule has 0 aliphatic heterocycles. The van der Waals surface area contributed by atoms with Crippen LogP contribution in [0, 0.1) is 5.41 Å². The summed E-state index contributed by atoms with van der Waals surface area (Å²) in [6.45, 7) is 5.19. The number of hydrogen-bond acceptors (Lipinski definition) is 2. The van der Waals surface area contributed by atoms with E-state index < -0.39 is 0 Å². The molecule has 1 aromatic carbocycles. The molecule has 17 heavy (non-hydrogen) atoms. The summed E-state index contributed by atoms with van der Waals surface area (Å²) in [5.74, 6) is 0. The molecule has 1 aliphatic carbocycles. The molecule has 1 saturated carbocycles. The molecular formula is C14H21ClN2. The summed E-state index contributed by atoms with van der Waals surface area (Å²) in [6, 6.07) is 6.57. The van der Waals surface area contributed by atoms with Crippen LogP contribution in [0.25, 0.3) is 0 Å². The number of nitrogens with two attached hydrogens (primary N) is 1. The van der Waals surface area contributed by atoms with Gasteiger partial charge in [-0.1, -0.05) is 31.5 Å². The van der Waals surface area contributed by atoms with Crippen molar-refractivity contribution in [1.82, 2.24) is 0 Å². The Labute approximate surface area is 109 Å². The van der Waals surface area contributed by atoms with Gasteiger partial charge < -0.3 is 11.1 Å². The van der Waals surface area contributed by atoms with Gasteiger partial charge in [-0.15, -0.1) is 0 Å². The number of rotatable bonds is 3. The Morgan fingerprint density at radius 1 is 1.47 bits per heavy atom. The Morgan fingerprint density at radius 3 is 2.76 bits per heavy atom. The molecule has 0 saturated heterocycles. The van der Waals surface area contributed by atoms with Gasteiger partial charge in [0.1, 0.15) is 0 Å². The molecule has 0 radical (unpaired) electrons. The van der Waals surface area contributed by atoms with Crippen molar-refractivity contribution in [1.29, 1.82) is 0 Å². The minimum atomic E-state index is 0.460. The zero-order valence-electron chi connectivity index (χ0n) is 10.6. The van der Waals surface area contributed by atoms with E-state index in [1.165, 1.54) is 19.3 Å². The highest BCUT2D eigenvalue weighted by atomic mass is 35.5. The van der Waals surface area contributed by atoms with Crippen LogP contribution in [0.1, 0.15) is 38.7 Å². The van der Waals surface area contributed by atoms with Crippen molar-refractivity contribution in [3.8, 4) is 0 Å². The van der Waals surface area contributed by atoms with E-state index in [0.29, 0.717) is 18.0 Å². The third-order valence-electron chi connectivity index (χ3n) is 3.60. The second-order valence-corrected chi connectivity index (χ2v) is 6.17. The Bertz CT molecular complexity index is 401. The van der Waals surface area contributed by atoms with Crippen LogP contribution in [0.3, 0.4) is 0 Å². The highest BCUT2D eigenvalue weighted by Crippen LogP contribution is 2.39. The maximum atomic E-state index is 6.24. The average Bonchev–Trinajstić information content (AvgIpc) is 2.61. The average molecular weight is 253 g/mol. The van der Waals surface area contributed by atoms with Gasteiger partial charge in [-0.3, -0.25) is 0 Å². The third-order valence-corrected chi connectivity index (χ3v) is 3.91. The van der Waals surface area contributed by atoms with Crippen LogP contribution in [0.5, 0.6) is 0 Å². The van der Waals surface area contributed by atoms with Crippen molar-refractivity contribution in [3.05, 3.63) is 28.8 Å². The fourth-order valence-electron chi connectivity index (χ4n) is 2.58. The maximum Gasteiger partial charge on any atom is 0.0640 e. The first-order valence-electron chi connectivity index (χ1n) is 6.25. The molecule has 1 unspecified atom stereocenters. The van der Waals surface area contributed by atoms with Crippen molar-refractivity contribution < 1.29 is 0 Å². The van der Waals surface area contributed by atoms with Gasteiger partial charge in [0.25, 0.3) is 0 Å². The van der Waals surface area contributed by atoms with Crippen LogP contribution in [0.4, 0.5) is 5.69 Å². The molecule has 0 aromatic heterocycles. The van der Waals surface area contributed by atoms with Crippen molar-refractivity contribution in [2.45, 2.75) is 45.7 Å². The fourth-order valence-corrected chi connectivity index (χ4v) is 2.84. The number of halogens is 1. The Morgan fingerprint density at radius 2 is 2.24 bits per heavy atom. The van der Waals surface area contributed by atoms with Crippen LogP contribution in [-0.4, -0.2) is 6.04 Å². The van der Waals surface area contributed by atoms with Gasteiger partial charge >= 0.3 is 0 Å². The molecular weight excluding hydrogens is 232 g/mol. The van der Waals surface area contributed by atoms with Gasteiger partial charge in [0.15, 0.2) is 0 Å². The van der Waals surface area contributed by atoms with E-state index in [0.717, 1.165) is 16.3 Å². The quantitative estimate of drug-likeness (QED) is 0.859. The van der Waals surface area contributed by atoms with Gasteiger partial charge in [0.2, 0.25) is 0 Å². The van der Waals surface area contributed by atoms with E-state index in [9.17, 15) is 0 Å². The largest absolute Gasteiger partial charge is 0.381 e. The lowest BCUT2D eigenvalue weighted by Gasteiger charge is -2.19. The second kappa shape index (κ2) is 4.87. The van der Waals surface area contributed by atoms with E-state index in [2.05, 4.69) is 19.2 Å². The lowest BCUT2D eigenvalue weighted by molar-refractivity contribution is 0.378. The van der Waals surface area contributed by atoms with Crippen molar-refractivity contribution >= 4 is 17.3 Å². The summed E-state index contributed by atoms with van der Waals surface area (Å²) < 4.78 is 0. The summed E-state index contributed by atoms with van der Waals surface area (Å²) in [6.07, 6.45) is 3.72. The van der Waals surface area contributed by atoms with E-state index in [1.54, 1.807) is 0 Å². The standard InChI is InChI=1S/C14H21ClN2/c1-14(2)6-5-11(8-14)17-13-4-3-10(9-16)7-12(13)15/h3-4,7,11,17H,5-6,8-9,16H2,1-2H3. The molecule has 0 amide bonds. The molecule has 1 fully saturated rings. The number of anilines is 1. The highest BCUT2D eigenvalue weighted by Gasteiger charge is 2.30. The SMILES string of the molecule is CC1(C)CCC(Nc2ccc(CN)cc2Cl)C1. The monoisotopic (exact) mass is 252 g/mol. The van der Waals surface area contributed by atoms with Gasteiger partial charge in [-0.05, 0) is 42.4 Å². The first-order chi connectivity index (χ1) is 8.00. The predicted octanol–water partition coefficient (Wildman–Crippen LogP) is 3.79. The molecule has 0 spiro atoms. The van der Waals surface area contributed by atoms with Crippen molar-refractivity contribution in [2.24, 2.45) is 11.1 Å². The lowest BCUT2D eigenvalue weighted by Crippen LogP contribution is -2.17. The molecule has 3 N–H and O–H groups in total. The van der Waals surface area contributed by atoms with E-state index in [1.807, 2.05) is 18.2 Å². The van der Waals surface area contributed by atoms with Gasteiger partial charge in [-0.25, -0.2) is 0 Å². The van der Waals surface area contributed by atoms with Gasteiger partial charge in [0, 0.05) is 12.6 Å². The first-order valence-corrected chi connectivity index (χ1v) is 6.63. The highest BCUT2D eigenvalue weighted by molar-refractivity contribution is 6.33. The molecule has 0 bridgehead atoms. The van der Waals surface area contributed by atoms with Crippen molar-refractivity contribution in [2.75, 3.05) is 5.32 Å². The maximum absolute atomic E-state index is 6.24. The Balaban J connectivity index is 2.04. The fraction of sp³-hybridized carbons (Fsp3) is 0.571. The summed E-state index contributed by atoms with van der Waals surface area (Å²) in [4.78, 5) is 0. The summed E-state index contributed by atoms with van der Waals surface area (Å²) in [5, 5.41) is 4.32. The Kier molecular flexibility index (Phi) is 3.64. The summed E-state index contributed by atoms with van der Waals surface area (Å²) >= 11 is 6.24. The smallest absolute Gasteiger partial charge is 0.0640 e. The molecule has 1 aromatic rings. The van der Waals surface area contributed by atoms with Crippen LogP contribution >= 0.6 is 11.6 Å². The number of hydrogen-bond donors (Lipinski definition) is 2. The van der Waals surface area contributed by atoms with Gasteiger partial charge in [-0.2, -0.15) is 0 Å². The zero-order chi connectivity index (χ0) is 12.5. The zero-order valence-corrected chi connectivity index (χ0v) is 11.3. The van der Waals surface area contributed by atoms with Gasteiger partial charge in [0.05, 0.1) is 10.7 Å². The molecule has 1 aliphatic rings. The number of nitrogens with one attached hydrogen (secondary N) is 1. The third kappa shape index (κ3) is 3.14. The topological polar surface area (TPSA) is 38.0 Å². The van der Waals surface area contributed by atoms with E-state index in [-0.39, 0.29) is 0 Å². The molecule has 94 valence electrons. The molecule has 2 rings (SSSR count). The van der Waals surface area contributed by atoms with Crippen LogP contribution in [-0.2, 0) is 6.54 Å². The van der Waals surface area contributed by atoms with Crippen LogP contribution in [0.2, 0.25) is 5.02 Å². The normalized spacial score (nSPS) is 22.7. The Hall–Kier alpha value is -0.730. The lowest BCUT2D eigenvalue weighted by atomic mass is 9.92. The second-order valence-electron chi connectivity index (χ2n) is 5.77. The first kappa shape index (κ1) is 12.7. The van der Waals surface area contributed by atoms with E-state index >= 15 is 0 Å². The minimum Gasteiger partial charge on any atom is -0.381 e. The molecule has 1 atom stereocenters. The van der Waals surface area contributed by atoms with Crippen LogP contribution < -0.4 is 11.1 Å². The minimum absolute atomic E-state index is 0.460. The molecule has 2 nitrogen and oxygen atoms in total.